The summed E-state index contributed by atoms with van der Waals surface area (Å²) in [6, 6.07) is 0. The third-order valence-corrected chi connectivity index (χ3v) is 4.47. The van der Waals surface area contributed by atoms with Crippen LogP contribution in [0.25, 0.3) is 0 Å². The number of β-amino-alcohol motifs (C(OH)–C–C–N with tert-alkyl or cyclic N) is 1. The smallest absolute Gasteiger partial charge is 0.0817 e. The van der Waals surface area contributed by atoms with E-state index in [1.807, 2.05) is 0 Å². The molecule has 86 valence electrons. The molecule has 0 aromatic carbocycles. The average Bonchev–Trinajstić information content (AvgIpc) is 2.09. The summed E-state index contributed by atoms with van der Waals surface area (Å²) in [6.07, 6.45) is 5.90. The molecule has 0 bridgehead atoms. The summed E-state index contributed by atoms with van der Waals surface area (Å²) in [5, 5.41) is 10.3. The van der Waals surface area contributed by atoms with Crippen molar-refractivity contribution < 1.29 is 9.84 Å². The third-order valence-electron chi connectivity index (χ3n) is 4.47. The molecule has 2 heterocycles. The monoisotopic (exact) mass is 211 g/mol. The number of hydrogen-bond donors (Lipinski definition) is 1. The van der Waals surface area contributed by atoms with Gasteiger partial charge in [0.1, 0.15) is 0 Å². The fourth-order valence-electron chi connectivity index (χ4n) is 3.33. The van der Waals surface area contributed by atoms with Crippen molar-refractivity contribution in [3.8, 4) is 0 Å². The molecule has 3 aliphatic rings. The van der Waals surface area contributed by atoms with Gasteiger partial charge in [-0.25, -0.2) is 0 Å². The van der Waals surface area contributed by atoms with E-state index in [4.69, 9.17) is 4.74 Å². The zero-order chi connectivity index (χ0) is 10.4. The van der Waals surface area contributed by atoms with E-state index in [1.165, 1.54) is 32.4 Å². The van der Waals surface area contributed by atoms with Gasteiger partial charge in [-0.3, -0.25) is 4.90 Å². The second-order valence-corrected chi connectivity index (χ2v) is 5.84. The Labute approximate surface area is 91.4 Å². The van der Waals surface area contributed by atoms with Crippen LogP contribution in [-0.4, -0.2) is 48.5 Å². The maximum atomic E-state index is 10.3. The third kappa shape index (κ3) is 1.81. The van der Waals surface area contributed by atoms with Gasteiger partial charge in [0, 0.05) is 45.7 Å². The predicted molar refractivity (Wildman–Crippen MR) is 57.7 cm³/mol. The van der Waals surface area contributed by atoms with Gasteiger partial charge in [0.2, 0.25) is 0 Å². The Morgan fingerprint density at radius 2 is 1.73 bits per heavy atom. The van der Waals surface area contributed by atoms with Gasteiger partial charge in [0.15, 0.2) is 0 Å². The lowest BCUT2D eigenvalue weighted by Gasteiger charge is -2.57. The topological polar surface area (TPSA) is 32.7 Å². The summed E-state index contributed by atoms with van der Waals surface area (Å²) < 4.78 is 5.29. The summed E-state index contributed by atoms with van der Waals surface area (Å²) in [5.41, 5.74) is 0.227. The molecule has 0 aromatic heterocycles. The van der Waals surface area contributed by atoms with Crippen LogP contribution in [0.4, 0.5) is 0 Å². The number of rotatable bonds is 2. The van der Waals surface area contributed by atoms with E-state index < -0.39 is 5.60 Å². The van der Waals surface area contributed by atoms with Crippen LogP contribution in [0.15, 0.2) is 0 Å². The van der Waals surface area contributed by atoms with Crippen LogP contribution in [0, 0.1) is 5.41 Å². The maximum Gasteiger partial charge on any atom is 0.0817 e. The highest BCUT2D eigenvalue weighted by molar-refractivity contribution is 5.02. The molecule has 1 N–H and O–H groups in total. The molecule has 0 amide bonds. The van der Waals surface area contributed by atoms with E-state index in [-0.39, 0.29) is 0 Å². The van der Waals surface area contributed by atoms with Crippen LogP contribution in [0.3, 0.4) is 0 Å². The van der Waals surface area contributed by atoms with Crippen LogP contribution < -0.4 is 0 Å². The Morgan fingerprint density at radius 3 is 2.27 bits per heavy atom. The molecule has 2 aliphatic heterocycles. The summed E-state index contributed by atoms with van der Waals surface area (Å²) in [6.45, 7) is 4.80. The summed E-state index contributed by atoms with van der Waals surface area (Å²) in [5.74, 6) is 0. The van der Waals surface area contributed by atoms with Crippen LogP contribution in [-0.2, 0) is 4.74 Å². The molecule has 0 unspecified atom stereocenters. The fourth-order valence-corrected chi connectivity index (χ4v) is 3.33. The average molecular weight is 211 g/mol. The molecular formula is C12H21NO2. The van der Waals surface area contributed by atoms with Crippen molar-refractivity contribution >= 4 is 0 Å². The van der Waals surface area contributed by atoms with Crippen LogP contribution in [0.1, 0.15) is 32.1 Å². The van der Waals surface area contributed by atoms with Crippen molar-refractivity contribution in [3.05, 3.63) is 0 Å². The van der Waals surface area contributed by atoms with Crippen LogP contribution in [0.5, 0.6) is 0 Å². The van der Waals surface area contributed by atoms with Gasteiger partial charge >= 0.3 is 0 Å². The zero-order valence-corrected chi connectivity index (χ0v) is 9.37. The molecule has 0 aromatic rings. The Hall–Kier alpha value is -0.120. The number of ether oxygens (including phenoxy) is 1. The highest BCUT2D eigenvalue weighted by atomic mass is 16.5. The van der Waals surface area contributed by atoms with E-state index in [1.54, 1.807) is 0 Å². The molecule has 1 aliphatic carbocycles. The molecular weight excluding hydrogens is 190 g/mol. The Balaban J connectivity index is 1.49. The van der Waals surface area contributed by atoms with E-state index in [2.05, 4.69) is 4.90 Å². The minimum absolute atomic E-state index is 0.455. The summed E-state index contributed by atoms with van der Waals surface area (Å²) >= 11 is 0. The second-order valence-electron chi connectivity index (χ2n) is 5.84. The first-order valence-corrected chi connectivity index (χ1v) is 6.22. The SMILES string of the molecule is OC1(CN2CC3(CCC3)C2)CCOCC1. The highest BCUT2D eigenvalue weighted by Crippen LogP contribution is 2.48. The van der Waals surface area contributed by atoms with E-state index in [0.29, 0.717) is 5.41 Å². The minimum atomic E-state index is -0.455. The molecule has 3 fully saturated rings. The van der Waals surface area contributed by atoms with Crippen LogP contribution >= 0.6 is 0 Å². The van der Waals surface area contributed by atoms with E-state index in [0.717, 1.165) is 32.6 Å². The number of likely N-dealkylation sites (tertiary alicyclic amines) is 1. The molecule has 0 atom stereocenters. The molecule has 2 saturated heterocycles. The van der Waals surface area contributed by atoms with Crippen molar-refractivity contribution in [1.82, 2.24) is 4.90 Å². The fraction of sp³-hybridized carbons (Fsp3) is 1.00. The highest BCUT2D eigenvalue weighted by Gasteiger charge is 2.48. The molecule has 0 radical (unpaired) electrons. The lowest BCUT2D eigenvalue weighted by Crippen LogP contribution is -2.63. The van der Waals surface area contributed by atoms with Gasteiger partial charge in [-0.15, -0.1) is 0 Å². The number of nitrogens with zero attached hydrogens (tertiary/aromatic N) is 1. The minimum Gasteiger partial charge on any atom is -0.388 e. The van der Waals surface area contributed by atoms with E-state index >= 15 is 0 Å². The molecule has 3 heteroatoms. The Morgan fingerprint density at radius 1 is 1.07 bits per heavy atom. The Kier molecular flexibility index (Phi) is 2.31. The molecule has 15 heavy (non-hydrogen) atoms. The van der Waals surface area contributed by atoms with Crippen molar-refractivity contribution in [1.29, 1.82) is 0 Å². The van der Waals surface area contributed by atoms with Crippen molar-refractivity contribution in [2.24, 2.45) is 5.41 Å². The standard InChI is InChI=1S/C12H21NO2/c14-12(4-6-15-7-5-12)10-13-8-11(9-13)2-1-3-11/h14H,1-10H2. The summed E-state index contributed by atoms with van der Waals surface area (Å²) in [4.78, 5) is 2.44. The molecule has 1 spiro atoms. The maximum absolute atomic E-state index is 10.3. The first-order valence-electron chi connectivity index (χ1n) is 6.22. The zero-order valence-electron chi connectivity index (χ0n) is 9.37. The second kappa shape index (κ2) is 3.44. The lowest BCUT2D eigenvalue weighted by atomic mass is 9.63. The quantitative estimate of drug-likeness (QED) is 0.740. The number of aliphatic hydroxyl groups is 1. The first-order chi connectivity index (χ1) is 7.20. The largest absolute Gasteiger partial charge is 0.388 e. The molecule has 1 saturated carbocycles. The normalized spacial score (nSPS) is 33.4. The Bertz CT molecular complexity index is 236. The van der Waals surface area contributed by atoms with Crippen molar-refractivity contribution in [2.45, 2.75) is 37.7 Å². The van der Waals surface area contributed by atoms with Gasteiger partial charge in [0.05, 0.1) is 5.60 Å². The molecule has 3 nitrogen and oxygen atoms in total. The van der Waals surface area contributed by atoms with Gasteiger partial charge < -0.3 is 9.84 Å². The first kappa shape index (κ1) is 10.1. The summed E-state index contributed by atoms with van der Waals surface area (Å²) in [7, 11) is 0. The lowest BCUT2D eigenvalue weighted by molar-refractivity contribution is -0.128. The number of hydrogen-bond acceptors (Lipinski definition) is 3. The molecule has 3 rings (SSSR count). The predicted octanol–water partition coefficient (Wildman–Crippen LogP) is 1.01. The van der Waals surface area contributed by atoms with Gasteiger partial charge in [-0.05, 0) is 18.3 Å². The van der Waals surface area contributed by atoms with Crippen molar-refractivity contribution in [2.75, 3.05) is 32.8 Å². The van der Waals surface area contributed by atoms with Crippen molar-refractivity contribution in [3.63, 3.8) is 0 Å². The van der Waals surface area contributed by atoms with Gasteiger partial charge in [0.25, 0.3) is 0 Å². The van der Waals surface area contributed by atoms with E-state index in [9.17, 15) is 5.11 Å². The van der Waals surface area contributed by atoms with Gasteiger partial charge in [-0.1, -0.05) is 6.42 Å². The van der Waals surface area contributed by atoms with Gasteiger partial charge in [-0.2, -0.15) is 0 Å². The van der Waals surface area contributed by atoms with Crippen LogP contribution in [0.2, 0.25) is 0 Å².